The highest BCUT2D eigenvalue weighted by molar-refractivity contribution is 5.91. The van der Waals surface area contributed by atoms with Gasteiger partial charge in [0.25, 0.3) is 0 Å². The van der Waals surface area contributed by atoms with Crippen molar-refractivity contribution in [3.63, 3.8) is 0 Å². The Labute approximate surface area is 297 Å². The Morgan fingerprint density at radius 2 is 1.45 bits per heavy atom. The van der Waals surface area contributed by atoms with Gasteiger partial charge < -0.3 is 26.2 Å². The first-order valence-electron chi connectivity index (χ1n) is 17.3. The van der Waals surface area contributed by atoms with E-state index in [1.54, 1.807) is 0 Å². The maximum atomic E-state index is 9.02. The third kappa shape index (κ3) is 7.35. The Balaban J connectivity index is 1.13. The zero-order valence-electron chi connectivity index (χ0n) is 28.9. The van der Waals surface area contributed by atoms with Crippen LogP contribution in [-0.4, -0.2) is 67.6 Å². The van der Waals surface area contributed by atoms with Crippen molar-refractivity contribution in [1.82, 2.24) is 35.2 Å². The molecule has 51 heavy (non-hydrogen) atoms. The largest absolute Gasteiger partial charge is 0.395 e. The lowest BCUT2D eigenvalue weighted by atomic mass is 9.90. The molecule has 0 bridgehead atoms. The maximum absolute atomic E-state index is 9.02. The molecule has 10 nitrogen and oxygen atoms in total. The van der Waals surface area contributed by atoms with Crippen molar-refractivity contribution in [2.75, 3.05) is 38.2 Å². The minimum Gasteiger partial charge on any atom is -0.395 e. The van der Waals surface area contributed by atoms with Crippen LogP contribution in [0.4, 0.5) is 11.5 Å². The summed E-state index contributed by atoms with van der Waals surface area (Å²) in [7, 11) is 0. The molecule has 0 unspecified atom stereocenters. The van der Waals surface area contributed by atoms with Gasteiger partial charge in [-0.1, -0.05) is 54.6 Å². The Morgan fingerprint density at radius 1 is 0.686 bits per heavy atom. The predicted molar refractivity (Wildman–Crippen MR) is 204 cm³/mol. The molecule has 7 aromatic rings. The number of aliphatic hydroxyl groups excluding tert-OH is 2. The summed E-state index contributed by atoms with van der Waals surface area (Å²) in [5.41, 5.74) is 12.7. The van der Waals surface area contributed by atoms with Crippen LogP contribution in [0.2, 0.25) is 0 Å². The average molecular weight is 679 g/mol. The van der Waals surface area contributed by atoms with Crippen molar-refractivity contribution in [2.45, 2.75) is 26.8 Å². The number of nitrogens with zero attached hydrogens (tertiary/aromatic N) is 5. The molecule has 0 amide bonds. The predicted octanol–water partition coefficient (Wildman–Crippen LogP) is 6.24. The molecular formula is C41H42N8O2. The zero-order chi connectivity index (χ0) is 35.2. The molecule has 0 atom stereocenters. The quantitative estimate of drug-likeness (QED) is 0.0849. The number of hydrogen-bond donors (Lipinski definition) is 5. The molecule has 5 N–H and O–H groups in total. The highest BCUT2D eigenvalue weighted by atomic mass is 16.3. The van der Waals surface area contributed by atoms with Gasteiger partial charge in [-0.15, -0.1) is 10.2 Å². The van der Waals surface area contributed by atoms with E-state index in [2.05, 4.69) is 124 Å². The number of aliphatic hydroxyl groups is 2. The molecule has 4 heterocycles. The van der Waals surface area contributed by atoms with Crippen molar-refractivity contribution in [3.05, 3.63) is 126 Å². The van der Waals surface area contributed by atoms with Gasteiger partial charge >= 0.3 is 0 Å². The van der Waals surface area contributed by atoms with Gasteiger partial charge in [-0.2, -0.15) is 0 Å². The number of aromatic nitrogens is 5. The molecule has 0 aliphatic rings. The summed E-state index contributed by atoms with van der Waals surface area (Å²) in [5.74, 6) is 1.51. The van der Waals surface area contributed by atoms with Crippen LogP contribution in [0, 0.1) is 13.8 Å². The standard InChI is InChI=1S/C41H42N8O2/c1-27-34(32-15-20-49-38(24-32)47-48-41(49)31-11-9-29(10-12-31)25-43-19-22-51)5-3-6-35(27)36-7-4-8-37(28(36)2)46-40-39-33(14-17-44-40)23-30(26-45-39)13-16-42-18-21-50/h3-12,14-15,17,20,23-24,26,42-43,50-51H,13,16,18-19,21-22,25H2,1-2H3,(H,44,46). The molecule has 0 spiro atoms. The van der Waals surface area contributed by atoms with E-state index in [4.69, 9.17) is 15.2 Å². The Hall–Kier alpha value is -5.52. The van der Waals surface area contributed by atoms with Gasteiger partial charge in [0.1, 0.15) is 5.52 Å². The number of hydrogen-bond acceptors (Lipinski definition) is 9. The first kappa shape index (κ1) is 34.0. The molecule has 3 aromatic carbocycles. The minimum atomic E-state index is 0.122. The number of anilines is 2. The van der Waals surface area contributed by atoms with Crippen LogP contribution in [0.15, 0.2) is 104 Å². The molecule has 0 saturated heterocycles. The minimum absolute atomic E-state index is 0.122. The van der Waals surface area contributed by atoms with E-state index in [1.165, 1.54) is 5.56 Å². The van der Waals surface area contributed by atoms with Crippen LogP contribution >= 0.6 is 0 Å². The summed E-state index contributed by atoms with van der Waals surface area (Å²) in [5, 5.41) is 38.1. The van der Waals surface area contributed by atoms with Crippen LogP contribution in [0.3, 0.4) is 0 Å². The fraction of sp³-hybridized carbons (Fsp3) is 0.220. The lowest BCUT2D eigenvalue weighted by molar-refractivity contribution is 0.292. The monoisotopic (exact) mass is 678 g/mol. The summed E-state index contributed by atoms with van der Waals surface area (Å²) in [4.78, 5) is 9.44. The number of pyridine rings is 3. The molecule has 0 aliphatic carbocycles. The average Bonchev–Trinajstić information content (AvgIpc) is 3.58. The van der Waals surface area contributed by atoms with Gasteiger partial charge in [0.2, 0.25) is 0 Å². The first-order valence-corrected chi connectivity index (χ1v) is 17.3. The Morgan fingerprint density at radius 3 is 2.27 bits per heavy atom. The number of fused-ring (bicyclic) bond motifs is 2. The lowest BCUT2D eigenvalue weighted by Crippen LogP contribution is -2.20. The van der Waals surface area contributed by atoms with E-state index >= 15 is 0 Å². The summed E-state index contributed by atoms with van der Waals surface area (Å²) in [6.07, 6.45) is 6.60. The molecule has 10 heteroatoms. The van der Waals surface area contributed by atoms with Crippen molar-refractivity contribution in [2.24, 2.45) is 0 Å². The van der Waals surface area contributed by atoms with Gasteiger partial charge in [-0.3, -0.25) is 9.38 Å². The van der Waals surface area contributed by atoms with Gasteiger partial charge in [-0.05, 0) is 102 Å². The topological polar surface area (TPSA) is 133 Å². The Bertz CT molecular complexity index is 2280. The van der Waals surface area contributed by atoms with E-state index in [0.717, 1.165) is 91.4 Å². The third-order valence-electron chi connectivity index (χ3n) is 9.30. The molecule has 0 fully saturated rings. The fourth-order valence-electron chi connectivity index (χ4n) is 6.54. The molecule has 0 radical (unpaired) electrons. The highest BCUT2D eigenvalue weighted by Crippen LogP contribution is 2.37. The van der Waals surface area contributed by atoms with E-state index in [-0.39, 0.29) is 13.2 Å². The van der Waals surface area contributed by atoms with Crippen LogP contribution in [-0.2, 0) is 13.0 Å². The highest BCUT2D eigenvalue weighted by Gasteiger charge is 2.15. The molecule has 4 aromatic heterocycles. The smallest absolute Gasteiger partial charge is 0.168 e. The van der Waals surface area contributed by atoms with E-state index < -0.39 is 0 Å². The number of benzene rings is 3. The SMILES string of the molecule is Cc1c(Nc2nccc3cc(CCNCCO)cnc23)cccc1-c1cccc(-c2ccn3c(-c4ccc(CNCCO)cc4)nnc3c2)c1C. The van der Waals surface area contributed by atoms with Gasteiger partial charge in [-0.25, -0.2) is 4.98 Å². The second-order valence-electron chi connectivity index (χ2n) is 12.6. The van der Waals surface area contributed by atoms with Crippen LogP contribution < -0.4 is 16.0 Å². The lowest BCUT2D eigenvalue weighted by Gasteiger charge is -2.17. The molecule has 7 rings (SSSR count). The summed E-state index contributed by atoms with van der Waals surface area (Å²) >= 11 is 0. The summed E-state index contributed by atoms with van der Waals surface area (Å²) in [6, 6.07) is 29.4. The fourth-order valence-corrected chi connectivity index (χ4v) is 6.54. The van der Waals surface area contributed by atoms with Crippen molar-refractivity contribution < 1.29 is 10.2 Å². The molecule has 258 valence electrons. The maximum Gasteiger partial charge on any atom is 0.168 e. The number of rotatable bonds is 14. The van der Waals surface area contributed by atoms with Gasteiger partial charge in [0, 0.05) is 54.9 Å². The van der Waals surface area contributed by atoms with Crippen LogP contribution in [0.1, 0.15) is 22.3 Å². The normalized spacial score (nSPS) is 11.5. The van der Waals surface area contributed by atoms with Gasteiger partial charge in [0.05, 0.1) is 13.2 Å². The number of nitrogens with one attached hydrogen (secondary N) is 3. The van der Waals surface area contributed by atoms with Crippen molar-refractivity contribution in [3.8, 4) is 33.6 Å². The molecular weight excluding hydrogens is 637 g/mol. The zero-order valence-corrected chi connectivity index (χ0v) is 28.9. The third-order valence-corrected chi connectivity index (χ3v) is 9.30. The summed E-state index contributed by atoms with van der Waals surface area (Å²) in [6.45, 7) is 7.22. The van der Waals surface area contributed by atoms with Crippen LogP contribution in [0.25, 0.3) is 50.2 Å². The van der Waals surface area contributed by atoms with E-state index in [9.17, 15) is 0 Å². The summed E-state index contributed by atoms with van der Waals surface area (Å²) < 4.78 is 2.02. The molecule has 0 saturated carbocycles. The van der Waals surface area contributed by atoms with Gasteiger partial charge in [0.15, 0.2) is 17.3 Å². The van der Waals surface area contributed by atoms with Crippen LogP contribution in [0.5, 0.6) is 0 Å². The van der Waals surface area contributed by atoms with Crippen molar-refractivity contribution >= 4 is 28.1 Å². The van der Waals surface area contributed by atoms with E-state index in [1.807, 2.05) is 29.1 Å². The van der Waals surface area contributed by atoms with E-state index in [0.29, 0.717) is 19.6 Å². The second-order valence-corrected chi connectivity index (χ2v) is 12.6. The first-order chi connectivity index (χ1) is 25.0. The molecule has 0 aliphatic heterocycles. The Kier molecular flexibility index (Phi) is 10.4. The van der Waals surface area contributed by atoms with Crippen molar-refractivity contribution in [1.29, 1.82) is 0 Å². The second kappa shape index (κ2) is 15.6.